The molecule has 0 saturated carbocycles. The molecular formula is C11H16Y. The summed E-state index contributed by atoms with van der Waals surface area (Å²) in [5, 5.41) is 0. The van der Waals surface area contributed by atoms with Gasteiger partial charge in [-0.25, -0.2) is 0 Å². The molecule has 0 amide bonds. The molecule has 0 aliphatic heterocycles. The van der Waals surface area contributed by atoms with Crippen molar-refractivity contribution in [3.05, 3.63) is 35.4 Å². The fraction of sp³-hybridized carbons (Fsp3) is 0.455. The van der Waals surface area contributed by atoms with Gasteiger partial charge in [-0.05, 0) is 17.9 Å². The van der Waals surface area contributed by atoms with Crippen molar-refractivity contribution in [1.82, 2.24) is 0 Å². The van der Waals surface area contributed by atoms with Crippen LogP contribution in [0.25, 0.3) is 0 Å². The fourth-order valence-electron chi connectivity index (χ4n) is 1.05. The predicted octanol–water partition coefficient (Wildman–Crippen LogP) is 3.29. The molecule has 1 heteroatoms. The Bertz CT molecular complexity index is 228. The molecule has 1 rings (SSSR count). The van der Waals surface area contributed by atoms with Gasteiger partial charge >= 0.3 is 0 Å². The van der Waals surface area contributed by atoms with Crippen LogP contribution < -0.4 is 0 Å². The van der Waals surface area contributed by atoms with Crippen LogP contribution in [0.5, 0.6) is 0 Å². The molecule has 63 valence electrons. The summed E-state index contributed by atoms with van der Waals surface area (Å²) in [6, 6.07) is 8.74. The summed E-state index contributed by atoms with van der Waals surface area (Å²) in [7, 11) is 0. The summed E-state index contributed by atoms with van der Waals surface area (Å²) in [5.74, 6) is 0. The van der Waals surface area contributed by atoms with Gasteiger partial charge in [0.05, 0.1) is 0 Å². The largest absolute Gasteiger partial charge is 0.0590 e. The monoisotopic (exact) mass is 237 g/mol. The van der Waals surface area contributed by atoms with Gasteiger partial charge in [0.2, 0.25) is 0 Å². The maximum absolute atomic E-state index is 2.23. The van der Waals surface area contributed by atoms with Gasteiger partial charge in [-0.15, -0.1) is 0 Å². The summed E-state index contributed by atoms with van der Waals surface area (Å²) in [6.45, 7) is 8.82. The van der Waals surface area contributed by atoms with Crippen LogP contribution in [0.1, 0.15) is 31.9 Å². The molecule has 0 fully saturated rings. The van der Waals surface area contributed by atoms with Crippen LogP contribution in [0.3, 0.4) is 0 Å². The molecule has 1 aromatic carbocycles. The zero-order valence-electron chi connectivity index (χ0n) is 8.39. The molecule has 0 saturated heterocycles. The van der Waals surface area contributed by atoms with Crippen molar-refractivity contribution in [2.45, 2.75) is 33.1 Å². The SMILES string of the molecule is Cc1ccc(C(C)(C)C)cc1.[Y]. The molecule has 0 spiro atoms. The van der Waals surface area contributed by atoms with Gasteiger partial charge in [0, 0.05) is 32.7 Å². The Balaban J connectivity index is 0.00000121. The van der Waals surface area contributed by atoms with Gasteiger partial charge in [0.15, 0.2) is 0 Å². The molecule has 0 aromatic heterocycles. The molecule has 0 N–H and O–H groups in total. The molecule has 0 heterocycles. The van der Waals surface area contributed by atoms with E-state index >= 15 is 0 Å². The zero-order valence-corrected chi connectivity index (χ0v) is 11.2. The van der Waals surface area contributed by atoms with Crippen molar-refractivity contribution in [2.75, 3.05) is 0 Å². The number of benzene rings is 1. The van der Waals surface area contributed by atoms with E-state index < -0.39 is 0 Å². The van der Waals surface area contributed by atoms with E-state index in [2.05, 4.69) is 52.0 Å². The second kappa shape index (κ2) is 4.53. The summed E-state index contributed by atoms with van der Waals surface area (Å²) in [6.07, 6.45) is 0. The summed E-state index contributed by atoms with van der Waals surface area (Å²) in [5.41, 5.74) is 3.02. The number of hydrogen-bond donors (Lipinski definition) is 0. The van der Waals surface area contributed by atoms with Crippen molar-refractivity contribution < 1.29 is 32.7 Å². The maximum atomic E-state index is 2.23. The Kier molecular flexibility index (Phi) is 4.65. The van der Waals surface area contributed by atoms with Gasteiger partial charge in [-0.3, -0.25) is 0 Å². The first-order chi connectivity index (χ1) is 5.00. The third-order valence-electron chi connectivity index (χ3n) is 1.92. The van der Waals surface area contributed by atoms with E-state index in [1.165, 1.54) is 11.1 Å². The van der Waals surface area contributed by atoms with Crippen LogP contribution in [0, 0.1) is 6.92 Å². The molecule has 12 heavy (non-hydrogen) atoms. The van der Waals surface area contributed by atoms with Crippen molar-refractivity contribution in [2.24, 2.45) is 0 Å². The Labute approximate surface area is 101 Å². The smallest absolute Gasteiger partial charge is 0 e. The molecule has 0 aliphatic carbocycles. The van der Waals surface area contributed by atoms with Gasteiger partial charge in [0.25, 0.3) is 0 Å². The molecule has 0 unspecified atom stereocenters. The quantitative estimate of drug-likeness (QED) is 0.649. The van der Waals surface area contributed by atoms with E-state index in [0.29, 0.717) is 0 Å². The van der Waals surface area contributed by atoms with E-state index in [0.717, 1.165) is 0 Å². The van der Waals surface area contributed by atoms with Crippen molar-refractivity contribution in [3.63, 3.8) is 0 Å². The van der Waals surface area contributed by atoms with Crippen LogP contribution in [0.4, 0.5) is 0 Å². The van der Waals surface area contributed by atoms with E-state index in [4.69, 9.17) is 0 Å². The predicted molar refractivity (Wildman–Crippen MR) is 49.9 cm³/mol. The van der Waals surface area contributed by atoms with Gasteiger partial charge in [-0.2, -0.15) is 0 Å². The first kappa shape index (κ1) is 12.3. The van der Waals surface area contributed by atoms with Crippen LogP contribution in [0.2, 0.25) is 0 Å². The van der Waals surface area contributed by atoms with E-state index in [-0.39, 0.29) is 38.1 Å². The van der Waals surface area contributed by atoms with Crippen LogP contribution in [-0.2, 0) is 38.1 Å². The van der Waals surface area contributed by atoms with Crippen molar-refractivity contribution >= 4 is 0 Å². The van der Waals surface area contributed by atoms with Gasteiger partial charge in [0.1, 0.15) is 0 Å². The Morgan fingerprint density at radius 2 is 1.33 bits per heavy atom. The number of rotatable bonds is 0. The van der Waals surface area contributed by atoms with E-state index in [9.17, 15) is 0 Å². The van der Waals surface area contributed by atoms with Crippen molar-refractivity contribution in [3.8, 4) is 0 Å². The van der Waals surface area contributed by atoms with Crippen LogP contribution in [-0.4, -0.2) is 0 Å². The summed E-state index contributed by atoms with van der Waals surface area (Å²) in [4.78, 5) is 0. The molecule has 1 aromatic rings. The Hall–Kier alpha value is 0.324. The summed E-state index contributed by atoms with van der Waals surface area (Å²) >= 11 is 0. The second-order valence-corrected chi connectivity index (χ2v) is 4.12. The molecule has 0 aliphatic rings. The van der Waals surface area contributed by atoms with Crippen LogP contribution in [0.15, 0.2) is 24.3 Å². The Morgan fingerprint density at radius 1 is 0.917 bits per heavy atom. The average molecular weight is 237 g/mol. The van der Waals surface area contributed by atoms with E-state index in [1.54, 1.807) is 0 Å². The molecule has 1 radical (unpaired) electrons. The first-order valence-corrected chi connectivity index (χ1v) is 4.07. The minimum Gasteiger partial charge on any atom is -0.0590 e. The molecule has 0 bridgehead atoms. The zero-order chi connectivity index (χ0) is 8.48. The second-order valence-electron chi connectivity index (χ2n) is 4.12. The normalized spacial score (nSPS) is 10.7. The standard InChI is InChI=1S/C11H16.Y/c1-9-5-7-10(8-6-9)11(2,3)4;/h5-8H,1-4H3;. The minimum atomic E-state index is 0. The maximum Gasteiger partial charge on any atom is 0 e. The topological polar surface area (TPSA) is 0 Å². The fourth-order valence-corrected chi connectivity index (χ4v) is 1.05. The first-order valence-electron chi connectivity index (χ1n) is 4.07. The third kappa shape index (κ3) is 3.37. The van der Waals surface area contributed by atoms with Crippen molar-refractivity contribution in [1.29, 1.82) is 0 Å². The summed E-state index contributed by atoms with van der Waals surface area (Å²) < 4.78 is 0. The van der Waals surface area contributed by atoms with E-state index in [1.807, 2.05) is 0 Å². The average Bonchev–Trinajstić information content (AvgIpc) is 1.86. The molecule has 0 atom stereocenters. The van der Waals surface area contributed by atoms with Gasteiger partial charge < -0.3 is 0 Å². The van der Waals surface area contributed by atoms with Gasteiger partial charge in [-0.1, -0.05) is 50.6 Å². The van der Waals surface area contributed by atoms with Crippen LogP contribution >= 0.6 is 0 Å². The number of aryl methyl sites for hydroxylation is 1. The Morgan fingerprint density at radius 3 is 1.67 bits per heavy atom. The molecular weight excluding hydrogens is 221 g/mol. The molecule has 0 nitrogen and oxygen atoms in total. The minimum absolute atomic E-state index is 0. The third-order valence-corrected chi connectivity index (χ3v) is 1.92. The number of hydrogen-bond acceptors (Lipinski definition) is 0.